The maximum atomic E-state index is 13.6. The molecule has 0 saturated carbocycles. The Bertz CT molecular complexity index is 456. The van der Waals surface area contributed by atoms with Gasteiger partial charge in [-0.1, -0.05) is 0 Å². The summed E-state index contributed by atoms with van der Waals surface area (Å²) in [6.45, 7) is 1.85. The van der Waals surface area contributed by atoms with Crippen molar-refractivity contribution in [1.29, 1.82) is 10.5 Å². The van der Waals surface area contributed by atoms with E-state index in [1.807, 2.05) is 19.1 Å². The lowest BCUT2D eigenvalue weighted by atomic mass is 10.1. The molecule has 1 unspecified atom stereocenters. The molecule has 0 amide bonds. The standard InChI is InChI=1S/C12H12FN3/c1-9(5-6-14)16(2)12-4-3-10(8-15)7-11(12)13/h3-4,7,9H,5H2,1-2H3. The number of nitrogens with zero attached hydrogens (tertiary/aromatic N) is 3. The number of anilines is 1. The largest absolute Gasteiger partial charge is 0.368 e. The molecule has 4 heteroatoms. The van der Waals surface area contributed by atoms with E-state index in [4.69, 9.17) is 10.5 Å². The fraction of sp³-hybridized carbons (Fsp3) is 0.333. The summed E-state index contributed by atoms with van der Waals surface area (Å²) in [4.78, 5) is 1.69. The third-order valence-corrected chi connectivity index (χ3v) is 2.50. The Labute approximate surface area is 94.3 Å². The van der Waals surface area contributed by atoms with Gasteiger partial charge >= 0.3 is 0 Å². The Morgan fingerprint density at radius 2 is 2.12 bits per heavy atom. The minimum atomic E-state index is -0.439. The summed E-state index contributed by atoms with van der Waals surface area (Å²) in [7, 11) is 1.73. The van der Waals surface area contributed by atoms with E-state index in [0.29, 0.717) is 17.7 Å². The van der Waals surface area contributed by atoms with Crippen LogP contribution in [0.2, 0.25) is 0 Å². The van der Waals surface area contributed by atoms with Gasteiger partial charge in [0.1, 0.15) is 5.82 Å². The number of nitriles is 2. The second-order valence-electron chi connectivity index (χ2n) is 3.60. The first-order valence-corrected chi connectivity index (χ1v) is 4.89. The highest BCUT2D eigenvalue weighted by molar-refractivity contribution is 5.51. The number of benzene rings is 1. The van der Waals surface area contributed by atoms with E-state index < -0.39 is 5.82 Å². The molecule has 0 aliphatic carbocycles. The van der Waals surface area contributed by atoms with Crippen LogP contribution in [0.4, 0.5) is 10.1 Å². The molecule has 1 atom stereocenters. The van der Waals surface area contributed by atoms with E-state index in [0.717, 1.165) is 0 Å². The molecule has 82 valence electrons. The average molecular weight is 217 g/mol. The molecule has 1 aromatic carbocycles. The highest BCUT2D eigenvalue weighted by Gasteiger charge is 2.13. The quantitative estimate of drug-likeness (QED) is 0.781. The van der Waals surface area contributed by atoms with Crippen LogP contribution in [-0.2, 0) is 0 Å². The number of rotatable bonds is 3. The van der Waals surface area contributed by atoms with Crippen LogP contribution in [0.5, 0.6) is 0 Å². The van der Waals surface area contributed by atoms with Gasteiger partial charge in [-0.15, -0.1) is 0 Å². The van der Waals surface area contributed by atoms with Gasteiger partial charge in [-0.2, -0.15) is 10.5 Å². The van der Waals surface area contributed by atoms with Gasteiger partial charge < -0.3 is 4.90 Å². The minimum absolute atomic E-state index is 0.0626. The van der Waals surface area contributed by atoms with Crippen LogP contribution < -0.4 is 4.90 Å². The molecule has 0 aromatic heterocycles. The van der Waals surface area contributed by atoms with Crippen LogP contribution in [0.15, 0.2) is 18.2 Å². The molecule has 0 aliphatic rings. The molecule has 1 aromatic rings. The lowest BCUT2D eigenvalue weighted by molar-refractivity contribution is 0.607. The highest BCUT2D eigenvalue weighted by atomic mass is 19.1. The third kappa shape index (κ3) is 2.49. The van der Waals surface area contributed by atoms with Crippen LogP contribution >= 0.6 is 0 Å². The van der Waals surface area contributed by atoms with Gasteiger partial charge in [0.2, 0.25) is 0 Å². The van der Waals surface area contributed by atoms with Gasteiger partial charge in [-0.3, -0.25) is 0 Å². The molecule has 0 radical (unpaired) electrons. The van der Waals surface area contributed by atoms with Gasteiger partial charge in [0.25, 0.3) is 0 Å². The Morgan fingerprint density at radius 3 is 2.62 bits per heavy atom. The van der Waals surface area contributed by atoms with Crippen molar-refractivity contribution in [1.82, 2.24) is 0 Å². The van der Waals surface area contributed by atoms with Crippen molar-refractivity contribution in [2.24, 2.45) is 0 Å². The van der Waals surface area contributed by atoms with Crippen molar-refractivity contribution in [3.8, 4) is 12.1 Å². The maximum Gasteiger partial charge on any atom is 0.147 e. The summed E-state index contributed by atoms with van der Waals surface area (Å²) in [5, 5.41) is 17.2. The zero-order valence-corrected chi connectivity index (χ0v) is 9.24. The molecule has 0 N–H and O–H groups in total. The highest BCUT2D eigenvalue weighted by Crippen LogP contribution is 2.21. The Kier molecular flexibility index (Phi) is 3.85. The first-order valence-electron chi connectivity index (χ1n) is 4.89. The fourth-order valence-corrected chi connectivity index (χ4v) is 1.37. The van der Waals surface area contributed by atoms with Gasteiger partial charge in [-0.05, 0) is 25.1 Å². The van der Waals surface area contributed by atoms with Gasteiger partial charge in [0, 0.05) is 13.1 Å². The summed E-state index contributed by atoms with van der Waals surface area (Å²) >= 11 is 0. The summed E-state index contributed by atoms with van der Waals surface area (Å²) in [5.41, 5.74) is 0.698. The maximum absolute atomic E-state index is 13.6. The second kappa shape index (κ2) is 5.14. The summed E-state index contributed by atoms with van der Waals surface area (Å²) < 4.78 is 13.6. The van der Waals surface area contributed by atoms with E-state index in [9.17, 15) is 4.39 Å². The van der Waals surface area contributed by atoms with Crippen molar-refractivity contribution in [2.45, 2.75) is 19.4 Å². The smallest absolute Gasteiger partial charge is 0.147 e. The topological polar surface area (TPSA) is 50.8 Å². The molecule has 16 heavy (non-hydrogen) atoms. The molecule has 0 bridgehead atoms. The van der Waals surface area contributed by atoms with Crippen molar-refractivity contribution < 1.29 is 4.39 Å². The van der Waals surface area contributed by atoms with Crippen LogP contribution in [0.1, 0.15) is 18.9 Å². The number of halogens is 1. The Balaban J connectivity index is 2.97. The zero-order valence-electron chi connectivity index (χ0n) is 9.24. The molecule has 0 aliphatic heterocycles. The molecule has 1 rings (SSSR count). The molecular weight excluding hydrogens is 205 g/mol. The lowest BCUT2D eigenvalue weighted by Crippen LogP contribution is -2.29. The van der Waals surface area contributed by atoms with Crippen molar-refractivity contribution in [3.63, 3.8) is 0 Å². The molecule has 0 heterocycles. The normalized spacial score (nSPS) is 11.3. The molecule has 0 saturated heterocycles. The van der Waals surface area contributed by atoms with E-state index in [1.165, 1.54) is 6.07 Å². The minimum Gasteiger partial charge on any atom is -0.368 e. The van der Waals surface area contributed by atoms with Gasteiger partial charge in [0.05, 0.1) is 29.8 Å². The third-order valence-electron chi connectivity index (χ3n) is 2.50. The van der Waals surface area contributed by atoms with Crippen molar-refractivity contribution in [3.05, 3.63) is 29.6 Å². The van der Waals surface area contributed by atoms with Crippen LogP contribution in [-0.4, -0.2) is 13.1 Å². The zero-order chi connectivity index (χ0) is 12.1. The van der Waals surface area contributed by atoms with Crippen LogP contribution in [0.3, 0.4) is 0 Å². The Morgan fingerprint density at radius 1 is 1.44 bits per heavy atom. The SMILES string of the molecule is CC(CC#N)N(C)c1ccc(C#N)cc1F. The average Bonchev–Trinajstić information content (AvgIpc) is 2.28. The van der Waals surface area contributed by atoms with Gasteiger partial charge in [-0.25, -0.2) is 4.39 Å². The second-order valence-corrected chi connectivity index (χ2v) is 3.60. The van der Waals surface area contributed by atoms with Crippen LogP contribution in [0.25, 0.3) is 0 Å². The molecule has 0 spiro atoms. The number of hydrogen-bond acceptors (Lipinski definition) is 3. The van der Waals surface area contributed by atoms with Crippen molar-refractivity contribution >= 4 is 5.69 Å². The van der Waals surface area contributed by atoms with E-state index in [2.05, 4.69) is 0 Å². The lowest BCUT2D eigenvalue weighted by Gasteiger charge is -2.25. The number of hydrogen-bond donors (Lipinski definition) is 0. The molecule has 0 fully saturated rings. The van der Waals surface area contributed by atoms with Crippen LogP contribution in [0, 0.1) is 28.5 Å². The predicted molar refractivity (Wildman–Crippen MR) is 59.2 cm³/mol. The van der Waals surface area contributed by atoms with Gasteiger partial charge in [0.15, 0.2) is 0 Å². The van der Waals surface area contributed by atoms with E-state index in [-0.39, 0.29) is 6.04 Å². The molecular formula is C12H12FN3. The van der Waals surface area contributed by atoms with E-state index >= 15 is 0 Å². The summed E-state index contributed by atoms with van der Waals surface area (Å²) in [5.74, 6) is -0.439. The first-order chi connectivity index (χ1) is 7.60. The fourth-order valence-electron chi connectivity index (χ4n) is 1.37. The Hall–Kier alpha value is -2.07. The van der Waals surface area contributed by atoms with E-state index in [1.54, 1.807) is 24.1 Å². The summed E-state index contributed by atoms with van der Waals surface area (Å²) in [6.07, 6.45) is 0.329. The first kappa shape index (κ1) is 12.0. The summed E-state index contributed by atoms with van der Waals surface area (Å²) in [6, 6.07) is 8.18. The predicted octanol–water partition coefficient (Wildman–Crippen LogP) is 2.44. The monoisotopic (exact) mass is 217 g/mol. The molecule has 3 nitrogen and oxygen atoms in total. The van der Waals surface area contributed by atoms with Crippen molar-refractivity contribution in [2.75, 3.05) is 11.9 Å².